The van der Waals surface area contributed by atoms with E-state index in [4.69, 9.17) is 9.15 Å². The number of nitrogens with zero attached hydrogens (tertiary/aromatic N) is 1. The monoisotopic (exact) mass is 693 g/mol. The van der Waals surface area contributed by atoms with Crippen LogP contribution in [-0.2, 0) is 0 Å². The lowest BCUT2D eigenvalue weighted by Crippen LogP contribution is -2.46. The van der Waals surface area contributed by atoms with Crippen molar-refractivity contribution in [2.24, 2.45) is 0 Å². The van der Waals surface area contributed by atoms with Crippen LogP contribution in [0.1, 0.15) is 0 Å². The Kier molecular flexibility index (Phi) is 6.08. The van der Waals surface area contributed by atoms with Crippen LogP contribution in [0, 0.1) is 0 Å². The molecular formula is C48H28BNO2S. The summed E-state index contributed by atoms with van der Waals surface area (Å²) in [5.74, 6) is 1.96. The molecule has 0 bridgehead atoms. The van der Waals surface area contributed by atoms with Crippen molar-refractivity contribution in [3.8, 4) is 50.6 Å². The second-order valence-electron chi connectivity index (χ2n) is 13.9. The van der Waals surface area contributed by atoms with Gasteiger partial charge in [0, 0.05) is 32.5 Å². The van der Waals surface area contributed by atoms with E-state index in [-0.39, 0.29) is 5.99 Å². The van der Waals surface area contributed by atoms with Crippen molar-refractivity contribution in [2.75, 3.05) is 0 Å². The first-order chi connectivity index (χ1) is 26.3. The minimum absolute atomic E-state index is 0.112. The van der Waals surface area contributed by atoms with Gasteiger partial charge in [-0.1, -0.05) is 121 Å². The summed E-state index contributed by atoms with van der Waals surface area (Å²) in [4.78, 5) is 1.27. The molecule has 0 unspecified atom stereocenters. The Balaban J connectivity index is 1.08. The number of para-hydroxylation sites is 4. The lowest BCUT2D eigenvalue weighted by Gasteiger charge is -2.33. The molecule has 10 aromatic rings. The first kappa shape index (κ1) is 29.2. The van der Waals surface area contributed by atoms with E-state index in [0.29, 0.717) is 0 Å². The van der Waals surface area contributed by atoms with Crippen molar-refractivity contribution in [1.29, 1.82) is 0 Å². The molecule has 0 radical (unpaired) electrons. The van der Waals surface area contributed by atoms with E-state index in [1.54, 1.807) is 0 Å². The molecule has 4 heterocycles. The average Bonchev–Trinajstić information content (AvgIpc) is 3.77. The Hall–Kier alpha value is -6.43. The maximum absolute atomic E-state index is 6.78. The molecule has 3 nitrogen and oxygen atoms in total. The van der Waals surface area contributed by atoms with E-state index in [1.807, 2.05) is 17.7 Å². The van der Waals surface area contributed by atoms with Gasteiger partial charge >= 0.3 is 0 Å². The highest BCUT2D eigenvalue weighted by Gasteiger charge is 2.39. The Labute approximate surface area is 310 Å². The molecule has 12 rings (SSSR count). The summed E-state index contributed by atoms with van der Waals surface area (Å²) in [5, 5.41) is 4.79. The zero-order valence-electron chi connectivity index (χ0n) is 28.4. The van der Waals surface area contributed by atoms with Gasteiger partial charge in [-0.3, -0.25) is 0 Å². The van der Waals surface area contributed by atoms with Crippen molar-refractivity contribution in [3.63, 3.8) is 0 Å². The number of benzene rings is 8. The van der Waals surface area contributed by atoms with Crippen molar-refractivity contribution in [1.82, 2.24) is 4.57 Å². The zero-order chi connectivity index (χ0) is 34.6. The Bertz CT molecular complexity index is 3100. The van der Waals surface area contributed by atoms with E-state index in [1.165, 1.54) is 71.0 Å². The van der Waals surface area contributed by atoms with Crippen LogP contribution in [-0.4, -0.2) is 10.6 Å². The van der Waals surface area contributed by atoms with Gasteiger partial charge < -0.3 is 13.7 Å². The van der Waals surface area contributed by atoms with E-state index in [2.05, 4.69) is 168 Å². The van der Waals surface area contributed by atoms with Crippen LogP contribution in [0.4, 0.5) is 0 Å². The molecular weight excluding hydrogens is 665 g/mol. The highest BCUT2D eigenvalue weighted by atomic mass is 32.2. The summed E-state index contributed by atoms with van der Waals surface area (Å²) >= 11 is 1.93. The predicted octanol–water partition coefficient (Wildman–Crippen LogP) is 12.0. The molecule has 0 aliphatic carbocycles. The van der Waals surface area contributed by atoms with Crippen molar-refractivity contribution in [3.05, 3.63) is 170 Å². The SMILES string of the molecule is c1ccc2c(c1)Oc1cc(-n3c4ccccc4c4ccccc43)cc3c1B2Sc1cc(-c2ccccc2-c2cccc4oc5ccccc5c24)ccc1-3. The molecule has 8 aromatic carbocycles. The largest absolute Gasteiger partial charge is 0.458 e. The van der Waals surface area contributed by atoms with Crippen molar-refractivity contribution >= 4 is 72.3 Å². The third kappa shape index (κ3) is 4.20. The van der Waals surface area contributed by atoms with Crippen LogP contribution in [0.15, 0.2) is 179 Å². The molecule has 0 atom stereocenters. The molecule has 0 spiro atoms. The predicted molar refractivity (Wildman–Crippen MR) is 222 cm³/mol. The molecule has 0 amide bonds. The molecule has 5 heteroatoms. The summed E-state index contributed by atoms with van der Waals surface area (Å²) in [6.07, 6.45) is 0. The van der Waals surface area contributed by atoms with Gasteiger partial charge in [0.1, 0.15) is 22.7 Å². The number of fused-ring (bicyclic) bond motifs is 10. The van der Waals surface area contributed by atoms with Crippen LogP contribution in [0.25, 0.3) is 82.8 Å². The smallest absolute Gasteiger partial charge is 0.289 e. The second-order valence-corrected chi connectivity index (χ2v) is 15.1. The maximum Gasteiger partial charge on any atom is 0.289 e. The number of aromatic nitrogens is 1. The third-order valence-corrected chi connectivity index (χ3v) is 12.4. The highest BCUT2D eigenvalue weighted by Crippen LogP contribution is 2.47. The van der Waals surface area contributed by atoms with Crippen LogP contribution >= 0.6 is 11.6 Å². The Morgan fingerprint density at radius 2 is 1.15 bits per heavy atom. The van der Waals surface area contributed by atoms with E-state index in [0.717, 1.165) is 39.1 Å². The Morgan fingerprint density at radius 1 is 0.472 bits per heavy atom. The van der Waals surface area contributed by atoms with Crippen molar-refractivity contribution < 1.29 is 9.15 Å². The number of hydrogen-bond acceptors (Lipinski definition) is 3. The van der Waals surface area contributed by atoms with Gasteiger partial charge in [0.05, 0.1) is 16.7 Å². The van der Waals surface area contributed by atoms with Crippen LogP contribution in [0.5, 0.6) is 11.5 Å². The summed E-state index contributed by atoms with van der Waals surface area (Å²) in [6.45, 7) is 0. The summed E-state index contributed by atoms with van der Waals surface area (Å²) in [7, 11) is 0. The molecule has 2 aromatic heterocycles. The molecule has 0 saturated heterocycles. The number of furan rings is 1. The number of rotatable bonds is 3. The van der Waals surface area contributed by atoms with Crippen LogP contribution in [0.3, 0.4) is 0 Å². The van der Waals surface area contributed by atoms with Crippen molar-refractivity contribution in [2.45, 2.75) is 4.90 Å². The second kappa shape index (κ2) is 11.0. The minimum atomic E-state index is 0.112. The maximum atomic E-state index is 6.78. The van der Waals surface area contributed by atoms with Gasteiger partial charge in [0.25, 0.3) is 5.99 Å². The number of hydrogen-bond donors (Lipinski definition) is 0. The Morgan fingerprint density at radius 3 is 2.00 bits per heavy atom. The van der Waals surface area contributed by atoms with Crippen LogP contribution in [0.2, 0.25) is 0 Å². The first-order valence-electron chi connectivity index (χ1n) is 18.0. The molecule has 2 aliphatic heterocycles. The quantitative estimate of drug-likeness (QED) is 0.172. The summed E-state index contributed by atoms with van der Waals surface area (Å²) in [6, 6.07) is 61.1. The fourth-order valence-corrected chi connectivity index (χ4v) is 10.2. The third-order valence-electron chi connectivity index (χ3n) is 11.1. The zero-order valence-corrected chi connectivity index (χ0v) is 29.2. The van der Waals surface area contributed by atoms with Gasteiger partial charge in [0.15, 0.2) is 0 Å². The average molecular weight is 694 g/mol. The van der Waals surface area contributed by atoms with Gasteiger partial charge in [0.2, 0.25) is 0 Å². The van der Waals surface area contributed by atoms with Crippen LogP contribution < -0.4 is 15.7 Å². The molecule has 0 saturated carbocycles. The molecule has 53 heavy (non-hydrogen) atoms. The van der Waals surface area contributed by atoms with E-state index < -0.39 is 0 Å². The lowest BCUT2D eigenvalue weighted by molar-refractivity contribution is 0.487. The van der Waals surface area contributed by atoms with Gasteiger partial charge in [-0.05, 0) is 86.8 Å². The van der Waals surface area contributed by atoms with Gasteiger partial charge in [-0.25, -0.2) is 0 Å². The fourth-order valence-electron chi connectivity index (χ4n) is 8.81. The van der Waals surface area contributed by atoms with Gasteiger partial charge in [-0.2, -0.15) is 11.6 Å². The topological polar surface area (TPSA) is 27.3 Å². The van der Waals surface area contributed by atoms with Gasteiger partial charge in [-0.15, -0.1) is 0 Å². The lowest BCUT2D eigenvalue weighted by atomic mass is 9.57. The highest BCUT2D eigenvalue weighted by molar-refractivity contribution is 8.28. The normalized spacial score (nSPS) is 12.9. The first-order valence-corrected chi connectivity index (χ1v) is 18.9. The standard InChI is InChI=1S/C48H28BNO2S/c1-2-13-32(36-17-11-23-44-47(36)37-16-5-9-21-42(37)51-44)31(12-1)29-24-25-35-38-27-30(50-40-19-7-3-14-33(40)34-15-4-8-20-41(34)50)28-45-48(38)49(53-46(35)26-29)39-18-6-10-22-43(39)52-45/h1-28H. The molecule has 0 fully saturated rings. The summed E-state index contributed by atoms with van der Waals surface area (Å²) < 4.78 is 15.5. The summed E-state index contributed by atoms with van der Waals surface area (Å²) in [5.41, 5.74) is 15.0. The molecule has 2 aliphatic rings. The molecule has 246 valence electrons. The fraction of sp³-hybridized carbons (Fsp3) is 0. The van der Waals surface area contributed by atoms with E-state index in [9.17, 15) is 0 Å². The van der Waals surface area contributed by atoms with E-state index >= 15 is 0 Å². The minimum Gasteiger partial charge on any atom is -0.458 e. The molecule has 0 N–H and O–H groups in total. The number of ether oxygens (including phenoxy) is 1.